The molecule has 4 heteroatoms. The first kappa shape index (κ1) is 10.1. The van der Waals surface area contributed by atoms with Crippen molar-refractivity contribution in [3.63, 3.8) is 0 Å². The zero-order valence-corrected chi connectivity index (χ0v) is 8.24. The Balaban J connectivity index is 2.21. The summed E-state index contributed by atoms with van der Waals surface area (Å²) < 4.78 is 12.7. The van der Waals surface area contributed by atoms with E-state index in [1.807, 2.05) is 0 Å². The summed E-state index contributed by atoms with van der Waals surface area (Å²) in [5, 5.41) is 2.82. The van der Waals surface area contributed by atoms with Gasteiger partial charge in [-0.25, -0.2) is 4.39 Å². The van der Waals surface area contributed by atoms with Gasteiger partial charge in [0.2, 0.25) is 5.91 Å². The lowest BCUT2D eigenvalue weighted by atomic mass is 9.93. The second-order valence-corrected chi connectivity index (χ2v) is 3.80. The van der Waals surface area contributed by atoms with Crippen molar-refractivity contribution in [2.45, 2.75) is 24.9 Å². The number of halogens is 1. The lowest BCUT2D eigenvalue weighted by Gasteiger charge is -2.29. The number of nitrogens with one attached hydrogen (secondary N) is 1. The fourth-order valence-electron chi connectivity index (χ4n) is 1.82. The van der Waals surface area contributed by atoms with Crippen LogP contribution >= 0.6 is 0 Å². The predicted octanol–water partition coefficient (Wildman–Crippen LogP) is 1.10. The minimum Gasteiger partial charge on any atom is -0.348 e. The van der Waals surface area contributed by atoms with Crippen molar-refractivity contribution in [3.8, 4) is 0 Å². The van der Waals surface area contributed by atoms with E-state index in [2.05, 4.69) is 5.32 Å². The van der Waals surface area contributed by atoms with Gasteiger partial charge in [0.05, 0.1) is 6.04 Å². The van der Waals surface area contributed by atoms with Crippen molar-refractivity contribution in [1.82, 2.24) is 5.32 Å². The largest absolute Gasteiger partial charge is 0.348 e. The minimum absolute atomic E-state index is 0.00558. The summed E-state index contributed by atoms with van der Waals surface area (Å²) >= 11 is 0. The van der Waals surface area contributed by atoms with Crippen molar-refractivity contribution in [2.24, 2.45) is 5.73 Å². The topological polar surface area (TPSA) is 55.1 Å². The van der Waals surface area contributed by atoms with Gasteiger partial charge in [-0.1, -0.05) is 12.1 Å². The van der Waals surface area contributed by atoms with Gasteiger partial charge in [-0.05, 0) is 24.1 Å². The predicted molar refractivity (Wildman–Crippen MR) is 54.5 cm³/mol. The van der Waals surface area contributed by atoms with E-state index in [4.69, 9.17) is 5.73 Å². The number of piperidine rings is 1. The fourth-order valence-corrected chi connectivity index (χ4v) is 1.82. The molecule has 0 aromatic heterocycles. The maximum atomic E-state index is 12.7. The van der Waals surface area contributed by atoms with Crippen LogP contribution in [0.4, 0.5) is 4.39 Å². The summed E-state index contributed by atoms with van der Waals surface area (Å²) in [7, 11) is 0. The Morgan fingerprint density at radius 1 is 1.33 bits per heavy atom. The minimum atomic E-state index is -0.283. The average Bonchev–Trinajstić information content (AvgIpc) is 2.23. The van der Waals surface area contributed by atoms with E-state index >= 15 is 0 Å². The Morgan fingerprint density at radius 2 is 2.00 bits per heavy atom. The number of carbonyl (C=O) groups is 1. The van der Waals surface area contributed by atoms with E-state index in [1.54, 1.807) is 12.1 Å². The third-order valence-corrected chi connectivity index (χ3v) is 2.68. The van der Waals surface area contributed by atoms with Crippen LogP contribution in [0, 0.1) is 5.82 Å². The number of hydrogen-bond donors (Lipinski definition) is 2. The normalized spacial score (nSPS) is 26.1. The Kier molecular flexibility index (Phi) is 2.68. The van der Waals surface area contributed by atoms with Crippen molar-refractivity contribution >= 4 is 5.91 Å². The van der Waals surface area contributed by atoms with Crippen LogP contribution in [-0.4, -0.2) is 11.9 Å². The molecule has 1 fully saturated rings. The smallest absolute Gasteiger partial charge is 0.220 e. The van der Waals surface area contributed by atoms with Crippen molar-refractivity contribution in [1.29, 1.82) is 0 Å². The zero-order chi connectivity index (χ0) is 10.8. The van der Waals surface area contributed by atoms with Crippen LogP contribution in [-0.2, 0) is 4.79 Å². The standard InChI is InChI=1S/C11H13FN2O/c12-8-3-1-7(2-4-8)11-9(13)5-6-10(15)14-11/h1-4,9,11H,5-6,13H2,(H,14,15). The molecule has 1 aliphatic rings. The summed E-state index contributed by atoms with van der Waals surface area (Å²) in [5.41, 5.74) is 6.76. The van der Waals surface area contributed by atoms with E-state index in [0.717, 1.165) is 5.56 Å². The highest BCUT2D eigenvalue weighted by molar-refractivity contribution is 5.77. The van der Waals surface area contributed by atoms with E-state index < -0.39 is 0 Å². The van der Waals surface area contributed by atoms with Gasteiger partial charge in [-0.3, -0.25) is 4.79 Å². The number of carbonyl (C=O) groups excluding carboxylic acids is 1. The van der Waals surface area contributed by atoms with Crippen LogP contribution in [0.25, 0.3) is 0 Å². The fraction of sp³-hybridized carbons (Fsp3) is 0.364. The zero-order valence-electron chi connectivity index (χ0n) is 8.24. The second kappa shape index (κ2) is 3.98. The van der Waals surface area contributed by atoms with Gasteiger partial charge in [0.15, 0.2) is 0 Å². The Labute approximate surface area is 87.5 Å². The highest BCUT2D eigenvalue weighted by Gasteiger charge is 2.26. The van der Waals surface area contributed by atoms with Crippen LogP contribution in [0.5, 0.6) is 0 Å². The summed E-state index contributed by atoms with van der Waals surface area (Å²) in [6.45, 7) is 0. The summed E-state index contributed by atoms with van der Waals surface area (Å²) in [6, 6.07) is 5.79. The molecule has 1 saturated heterocycles. The monoisotopic (exact) mass is 208 g/mol. The van der Waals surface area contributed by atoms with E-state index in [9.17, 15) is 9.18 Å². The van der Waals surface area contributed by atoms with Crippen LogP contribution in [0.1, 0.15) is 24.4 Å². The molecule has 0 bridgehead atoms. The highest BCUT2D eigenvalue weighted by Crippen LogP contribution is 2.22. The first-order chi connectivity index (χ1) is 7.16. The van der Waals surface area contributed by atoms with Gasteiger partial charge in [-0.15, -0.1) is 0 Å². The third-order valence-electron chi connectivity index (χ3n) is 2.68. The molecule has 1 aliphatic heterocycles. The molecule has 1 aromatic rings. The molecule has 3 N–H and O–H groups in total. The van der Waals surface area contributed by atoms with E-state index in [-0.39, 0.29) is 23.8 Å². The lowest BCUT2D eigenvalue weighted by molar-refractivity contribution is -0.123. The summed E-state index contributed by atoms with van der Waals surface area (Å²) in [4.78, 5) is 11.2. The molecule has 0 spiro atoms. The Morgan fingerprint density at radius 3 is 2.67 bits per heavy atom. The van der Waals surface area contributed by atoms with Crippen molar-refractivity contribution in [2.75, 3.05) is 0 Å². The molecule has 80 valence electrons. The number of nitrogens with two attached hydrogens (primary N) is 1. The Hall–Kier alpha value is -1.42. The van der Waals surface area contributed by atoms with Crippen LogP contribution in [0.2, 0.25) is 0 Å². The van der Waals surface area contributed by atoms with Crippen molar-refractivity contribution in [3.05, 3.63) is 35.6 Å². The van der Waals surface area contributed by atoms with Crippen molar-refractivity contribution < 1.29 is 9.18 Å². The second-order valence-electron chi connectivity index (χ2n) is 3.80. The van der Waals surface area contributed by atoms with E-state index in [1.165, 1.54) is 12.1 Å². The van der Waals surface area contributed by atoms with Crippen LogP contribution in [0.15, 0.2) is 24.3 Å². The molecule has 2 unspecified atom stereocenters. The summed E-state index contributed by atoms with van der Waals surface area (Å²) in [5.74, 6) is -0.277. The molecule has 0 aliphatic carbocycles. The number of hydrogen-bond acceptors (Lipinski definition) is 2. The molecule has 1 aromatic carbocycles. The van der Waals surface area contributed by atoms with Crippen LogP contribution in [0.3, 0.4) is 0 Å². The van der Waals surface area contributed by atoms with Gasteiger partial charge in [0.1, 0.15) is 5.82 Å². The van der Waals surface area contributed by atoms with Crippen LogP contribution < -0.4 is 11.1 Å². The highest BCUT2D eigenvalue weighted by atomic mass is 19.1. The number of rotatable bonds is 1. The molecular formula is C11H13FN2O. The molecule has 1 amide bonds. The number of amides is 1. The molecular weight excluding hydrogens is 195 g/mol. The van der Waals surface area contributed by atoms with Gasteiger partial charge < -0.3 is 11.1 Å². The van der Waals surface area contributed by atoms with Gasteiger partial charge >= 0.3 is 0 Å². The van der Waals surface area contributed by atoms with Gasteiger partial charge in [0.25, 0.3) is 0 Å². The maximum absolute atomic E-state index is 12.7. The first-order valence-electron chi connectivity index (χ1n) is 4.97. The molecule has 1 heterocycles. The number of benzene rings is 1. The first-order valence-corrected chi connectivity index (χ1v) is 4.97. The average molecular weight is 208 g/mol. The van der Waals surface area contributed by atoms with E-state index in [0.29, 0.717) is 12.8 Å². The molecule has 2 rings (SSSR count). The van der Waals surface area contributed by atoms with Gasteiger partial charge in [-0.2, -0.15) is 0 Å². The third kappa shape index (κ3) is 2.15. The maximum Gasteiger partial charge on any atom is 0.220 e. The SMILES string of the molecule is NC1CCC(=O)NC1c1ccc(F)cc1. The lowest BCUT2D eigenvalue weighted by Crippen LogP contribution is -2.45. The Bertz CT molecular complexity index is 363. The van der Waals surface area contributed by atoms with Gasteiger partial charge in [0, 0.05) is 12.5 Å². The molecule has 2 atom stereocenters. The molecule has 0 radical (unpaired) electrons. The molecule has 0 saturated carbocycles. The molecule has 3 nitrogen and oxygen atoms in total. The summed E-state index contributed by atoms with van der Waals surface area (Å²) in [6.07, 6.45) is 1.15. The quantitative estimate of drug-likeness (QED) is 0.726. The molecule has 15 heavy (non-hydrogen) atoms.